The molecule has 1 amide bonds. The maximum absolute atomic E-state index is 12.4. The highest BCUT2D eigenvalue weighted by atomic mass is 16.7. The molecule has 0 saturated heterocycles. The molecule has 1 N–H and O–H groups in total. The van der Waals surface area contributed by atoms with E-state index < -0.39 is 12.3 Å². The number of anilines is 1. The van der Waals surface area contributed by atoms with E-state index in [1.54, 1.807) is 5.06 Å². The van der Waals surface area contributed by atoms with Crippen LogP contribution in [-0.2, 0) is 22.6 Å². The largest absolute Gasteiger partial charge is 0.445 e. The van der Waals surface area contributed by atoms with Gasteiger partial charge in [0.2, 0.25) is 0 Å². The zero-order chi connectivity index (χ0) is 20.6. The summed E-state index contributed by atoms with van der Waals surface area (Å²) in [6, 6.07) is 29.5. The van der Waals surface area contributed by atoms with Crippen molar-refractivity contribution < 1.29 is 14.4 Å². The van der Waals surface area contributed by atoms with Crippen molar-refractivity contribution in [3.05, 3.63) is 114 Å². The normalized spacial score (nSPS) is 18.1. The molecule has 3 aromatic carbocycles. The number of hydrogen-bond acceptors (Lipinski definition) is 4. The second kappa shape index (κ2) is 9.76. The smallest absolute Gasteiger partial charge is 0.409 e. The Balaban J connectivity index is 1.44. The third-order valence-electron chi connectivity index (χ3n) is 4.78. The van der Waals surface area contributed by atoms with Crippen LogP contribution in [0.1, 0.15) is 11.1 Å². The highest BCUT2D eigenvalue weighted by Crippen LogP contribution is 2.23. The molecular formula is C25H24N2O3. The fourth-order valence-corrected chi connectivity index (χ4v) is 3.29. The van der Waals surface area contributed by atoms with Crippen LogP contribution in [0.5, 0.6) is 0 Å². The van der Waals surface area contributed by atoms with E-state index in [4.69, 9.17) is 9.57 Å². The topological polar surface area (TPSA) is 50.8 Å². The summed E-state index contributed by atoms with van der Waals surface area (Å²) in [6.45, 7) is 0.214. The van der Waals surface area contributed by atoms with Gasteiger partial charge in [-0.25, -0.2) is 9.86 Å². The van der Waals surface area contributed by atoms with Gasteiger partial charge in [0.1, 0.15) is 18.9 Å². The Labute approximate surface area is 176 Å². The lowest BCUT2D eigenvalue weighted by atomic mass is 10.1. The van der Waals surface area contributed by atoms with E-state index in [9.17, 15) is 4.79 Å². The van der Waals surface area contributed by atoms with Gasteiger partial charge in [-0.3, -0.25) is 10.2 Å². The molecule has 5 heteroatoms. The number of amides is 1. The second-order valence-corrected chi connectivity index (χ2v) is 7.03. The van der Waals surface area contributed by atoms with Crippen molar-refractivity contribution >= 4 is 11.8 Å². The molecule has 0 aromatic heterocycles. The lowest BCUT2D eigenvalue weighted by Gasteiger charge is -2.36. The van der Waals surface area contributed by atoms with Gasteiger partial charge in [0.25, 0.3) is 0 Å². The van der Waals surface area contributed by atoms with Crippen molar-refractivity contribution in [2.75, 3.05) is 5.06 Å². The van der Waals surface area contributed by atoms with E-state index in [0.29, 0.717) is 0 Å². The van der Waals surface area contributed by atoms with E-state index in [1.165, 1.54) is 5.56 Å². The number of para-hydroxylation sites is 1. The van der Waals surface area contributed by atoms with E-state index in [0.717, 1.165) is 17.7 Å². The molecule has 0 spiro atoms. The summed E-state index contributed by atoms with van der Waals surface area (Å²) in [6.07, 6.45) is 3.56. The first kappa shape index (κ1) is 19.7. The Morgan fingerprint density at radius 3 is 2.10 bits per heavy atom. The highest BCUT2D eigenvalue weighted by molar-refractivity contribution is 5.68. The molecule has 30 heavy (non-hydrogen) atoms. The molecule has 0 bridgehead atoms. The minimum atomic E-state index is -0.500. The van der Waals surface area contributed by atoms with Crippen molar-refractivity contribution in [2.45, 2.75) is 25.3 Å². The minimum absolute atomic E-state index is 0.133. The summed E-state index contributed by atoms with van der Waals surface area (Å²) in [4.78, 5) is 18.6. The molecule has 0 radical (unpaired) electrons. The number of rotatable bonds is 6. The van der Waals surface area contributed by atoms with Gasteiger partial charge in [-0.15, -0.1) is 0 Å². The van der Waals surface area contributed by atoms with E-state index >= 15 is 0 Å². The first-order valence-corrected chi connectivity index (χ1v) is 9.98. The molecule has 0 unspecified atom stereocenters. The van der Waals surface area contributed by atoms with E-state index in [1.807, 2.05) is 91.0 Å². The van der Waals surface area contributed by atoms with Crippen molar-refractivity contribution in [3.63, 3.8) is 0 Å². The van der Waals surface area contributed by atoms with Gasteiger partial charge in [0.05, 0.1) is 5.69 Å². The lowest BCUT2D eigenvalue weighted by Crippen LogP contribution is -2.51. The van der Waals surface area contributed by atoms with Gasteiger partial charge in [-0.1, -0.05) is 84.9 Å². The van der Waals surface area contributed by atoms with Crippen LogP contribution in [0.15, 0.2) is 103 Å². The summed E-state index contributed by atoms with van der Waals surface area (Å²) >= 11 is 0. The Morgan fingerprint density at radius 2 is 1.43 bits per heavy atom. The zero-order valence-electron chi connectivity index (χ0n) is 16.6. The second-order valence-electron chi connectivity index (χ2n) is 7.03. The summed E-state index contributed by atoms with van der Waals surface area (Å²) in [7, 11) is 0. The molecular weight excluding hydrogens is 376 g/mol. The number of nitrogens with one attached hydrogen (secondary N) is 1. The summed E-state index contributed by atoms with van der Waals surface area (Å²) in [5, 5.41) is 4.59. The number of hydroxylamine groups is 1. The Morgan fingerprint density at radius 1 is 0.833 bits per heavy atom. The Bertz CT molecular complexity index is 961. The molecule has 0 fully saturated rings. The fourth-order valence-electron chi connectivity index (χ4n) is 3.29. The number of hydrogen-bond donors (Lipinski definition) is 1. The predicted octanol–water partition coefficient (Wildman–Crippen LogP) is 4.86. The molecule has 0 saturated carbocycles. The van der Waals surface area contributed by atoms with Crippen LogP contribution < -0.4 is 10.4 Å². The van der Waals surface area contributed by atoms with E-state index in [-0.39, 0.29) is 12.7 Å². The van der Waals surface area contributed by atoms with Crippen LogP contribution in [0.25, 0.3) is 0 Å². The third kappa shape index (κ3) is 5.27. The minimum Gasteiger partial charge on any atom is -0.445 e. The lowest BCUT2D eigenvalue weighted by molar-refractivity contribution is 0.0337. The van der Waals surface area contributed by atoms with Crippen LogP contribution in [-0.4, -0.2) is 18.4 Å². The van der Waals surface area contributed by atoms with Gasteiger partial charge in [0.15, 0.2) is 0 Å². The van der Waals surface area contributed by atoms with Crippen LogP contribution in [0.4, 0.5) is 10.5 Å². The van der Waals surface area contributed by atoms with Crippen molar-refractivity contribution in [2.24, 2.45) is 0 Å². The van der Waals surface area contributed by atoms with E-state index in [2.05, 4.69) is 17.4 Å². The molecule has 4 rings (SSSR count). The average molecular weight is 400 g/mol. The molecule has 1 heterocycles. The summed E-state index contributed by atoms with van der Waals surface area (Å²) in [5.74, 6) is 0. The first-order valence-electron chi connectivity index (χ1n) is 9.98. The zero-order valence-corrected chi connectivity index (χ0v) is 16.6. The number of ether oxygens (including phenoxy) is 1. The molecule has 0 aliphatic carbocycles. The number of alkyl carbamates (subject to hydrolysis) is 1. The van der Waals surface area contributed by atoms with Crippen LogP contribution >= 0.6 is 0 Å². The quantitative estimate of drug-likeness (QED) is 0.601. The van der Waals surface area contributed by atoms with Gasteiger partial charge in [-0.2, -0.15) is 0 Å². The van der Waals surface area contributed by atoms with Crippen LogP contribution in [0, 0.1) is 0 Å². The van der Waals surface area contributed by atoms with Gasteiger partial charge < -0.3 is 4.74 Å². The maximum Gasteiger partial charge on any atom is 0.409 e. The molecule has 1 aliphatic rings. The SMILES string of the molecule is O=C(N[C@@H]1C=C[C@H](Cc2ccccc2)ON1c1ccccc1)OCc1ccccc1. The number of carbonyl (C=O) groups is 1. The third-order valence-corrected chi connectivity index (χ3v) is 4.78. The van der Waals surface area contributed by atoms with Gasteiger partial charge in [0, 0.05) is 6.42 Å². The van der Waals surface area contributed by atoms with Crippen molar-refractivity contribution in [1.29, 1.82) is 0 Å². The monoisotopic (exact) mass is 400 g/mol. The molecule has 2 atom stereocenters. The van der Waals surface area contributed by atoms with Crippen LogP contribution in [0.3, 0.4) is 0 Å². The Kier molecular flexibility index (Phi) is 6.42. The summed E-state index contributed by atoms with van der Waals surface area (Å²) < 4.78 is 5.37. The molecule has 1 aliphatic heterocycles. The Hall–Kier alpha value is -3.57. The molecule has 3 aromatic rings. The average Bonchev–Trinajstić information content (AvgIpc) is 2.81. The van der Waals surface area contributed by atoms with Crippen molar-refractivity contribution in [1.82, 2.24) is 5.32 Å². The highest BCUT2D eigenvalue weighted by Gasteiger charge is 2.27. The predicted molar refractivity (Wildman–Crippen MR) is 117 cm³/mol. The molecule has 5 nitrogen and oxygen atoms in total. The maximum atomic E-state index is 12.4. The summed E-state index contributed by atoms with van der Waals surface area (Å²) in [5.41, 5.74) is 2.98. The van der Waals surface area contributed by atoms with Gasteiger partial charge >= 0.3 is 6.09 Å². The number of carbonyl (C=O) groups excluding carboxylic acids is 1. The number of benzene rings is 3. The van der Waals surface area contributed by atoms with Crippen molar-refractivity contribution in [3.8, 4) is 0 Å². The van der Waals surface area contributed by atoms with Gasteiger partial charge in [-0.05, 0) is 29.3 Å². The fraction of sp³-hybridized carbons (Fsp3) is 0.160. The standard InChI is InChI=1S/C25H24N2O3/c28-25(29-19-21-12-6-2-7-13-21)26-24-17-16-23(18-20-10-4-1-5-11-20)30-27(24)22-14-8-3-9-15-22/h1-17,23-24H,18-19H2,(H,26,28)/t23-,24+/m1/s1. The molecule has 152 valence electrons. The first-order chi connectivity index (χ1) is 14.8. The number of nitrogens with zero attached hydrogens (tertiary/aromatic N) is 1. The van der Waals surface area contributed by atoms with Crippen LogP contribution in [0.2, 0.25) is 0 Å².